The van der Waals surface area contributed by atoms with Crippen LogP contribution in [0.2, 0.25) is 0 Å². The zero-order chi connectivity index (χ0) is 17.3. The first kappa shape index (κ1) is 17.1. The minimum absolute atomic E-state index is 0.0401. The van der Waals surface area contributed by atoms with Crippen LogP contribution in [-0.2, 0) is 14.8 Å². The third-order valence-corrected chi connectivity index (χ3v) is 7.23. The molecule has 1 aromatic heterocycles. The van der Waals surface area contributed by atoms with Crippen molar-refractivity contribution in [2.75, 3.05) is 13.7 Å². The van der Waals surface area contributed by atoms with E-state index in [0.717, 1.165) is 35.3 Å². The first-order valence-electron chi connectivity index (χ1n) is 7.69. The van der Waals surface area contributed by atoms with E-state index >= 15 is 0 Å². The Labute approximate surface area is 145 Å². The van der Waals surface area contributed by atoms with Crippen LogP contribution in [0.15, 0.2) is 40.6 Å². The van der Waals surface area contributed by atoms with E-state index in [1.54, 1.807) is 5.38 Å². The maximum absolute atomic E-state index is 13.1. The van der Waals surface area contributed by atoms with Crippen LogP contribution in [0, 0.1) is 6.92 Å². The van der Waals surface area contributed by atoms with Gasteiger partial charge in [-0.05, 0) is 36.8 Å². The molecule has 24 heavy (non-hydrogen) atoms. The molecule has 0 aliphatic carbocycles. The van der Waals surface area contributed by atoms with Crippen molar-refractivity contribution >= 4 is 27.3 Å². The Morgan fingerprint density at radius 2 is 1.96 bits per heavy atom. The Hall–Kier alpha value is -1.70. The summed E-state index contributed by atoms with van der Waals surface area (Å²) < 4.78 is 32.4. The van der Waals surface area contributed by atoms with Crippen molar-refractivity contribution in [1.82, 2.24) is 4.31 Å². The van der Waals surface area contributed by atoms with Gasteiger partial charge in [0.05, 0.1) is 13.2 Å². The maximum Gasteiger partial charge on any atom is 0.349 e. The first-order valence-corrected chi connectivity index (χ1v) is 10.0. The largest absolute Gasteiger partial charge is 0.465 e. The molecule has 2 heterocycles. The van der Waals surface area contributed by atoms with Crippen molar-refractivity contribution in [2.24, 2.45) is 0 Å². The average Bonchev–Trinajstić information content (AvgIpc) is 3.24. The summed E-state index contributed by atoms with van der Waals surface area (Å²) in [5.74, 6) is -0.616. The Morgan fingerprint density at radius 1 is 1.25 bits per heavy atom. The minimum atomic E-state index is -3.75. The van der Waals surface area contributed by atoms with Gasteiger partial charge in [-0.25, -0.2) is 13.2 Å². The SMILES string of the molecule is COC(=O)c1sccc1S(=O)(=O)N1CCCC1c1ccc(C)cc1. The molecule has 128 valence electrons. The number of benzene rings is 1. The molecule has 1 saturated heterocycles. The molecule has 2 aromatic rings. The summed E-state index contributed by atoms with van der Waals surface area (Å²) in [6.07, 6.45) is 1.58. The van der Waals surface area contributed by atoms with E-state index in [4.69, 9.17) is 4.74 Å². The predicted molar refractivity (Wildman–Crippen MR) is 92.7 cm³/mol. The molecule has 5 nitrogen and oxygen atoms in total. The van der Waals surface area contributed by atoms with Gasteiger partial charge in [0.1, 0.15) is 9.77 Å². The third kappa shape index (κ3) is 2.99. The van der Waals surface area contributed by atoms with Crippen molar-refractivity contribution in [3.63, 3.8) is 0 Å². The van der Waals surface area contributed by atoms with Gasteiger partial charge in [-0.15, -0.1) is 11.3 Å². The summed E-state index contributed by atoms with van der Waals surface area (Å²) in [5.41, 5.74) is 2.12. The van der Waals surface area contributed by atoms with Crippen molar-refractivity contribution in [3.8, 4) is 0 Å². The molecule has 0 amide bonds. The van der Waals surface area contributed by atoms with Gasteiger partial charge in [-0.3, -0.25) is 0 Å². The van der Waals surface area contributed by atoms with Gasteiger partial charge in [0.25, 0.3) is 0 Å². The van der Waals surface area contributed by atoms with Gasteiger partial charge in [0.15, 0.2) is 0 Å². The molecular formula is C17H19NO4S2. The summed E-state index contributed by atoms with van der Waals surface area (Å²) in [5, 5.41) is 1.61. The minimum Gasteiger partial charge on any atom is -0.465 e. The lowest BCUT2D eigenvalue weighted by Crippen LogP contribution is -2.31. The highest BCUT2D eigenvalue weighted by atomic mass is 32.2. The molecule has 0 N–H and O–H groups in total. The third-order valence-electron chi connectivity index (χ3n) is 4.25. The fourth-order valence-electron chi connectivity index (χ4n) is 3.02. The topological polar surface area (TPSA) is 63.7 Å². The zero-order valence-electron chi connectivity index (χ0n) is 13.6. The summed E-state index contributed by atoms with van der Waals surface area (Å²) >= 11 is 1.09. The van der Waals surface area contributed by atoms with Crippen LogP contribution in [0.3, 0.4) is 0 Å². The van der Waals surface area contributed by atoms with Gasteiger partial charge in [-0.2, -0.15) is 4.31 Å². The fourth-order valence-corrected chi connectivity index (χ4v) is 6.01. The second kappa shape index (κ2) is 6.66. The van der Waals surface area contributed by atoms with Crippen LogP contribution in [0.5, 0.6) is 0 Å². The highest BCUT2D eigenvalue weighted by Gasteiger charge is 2.38. The predicted octanol–water partition coefficient (Wildman–Crippen LogP) is 3.37. The van der Waals surface area contributed by atoms with Crippen molar-refractivity contribution < 1.29 is 17.9 Å². The van der Waals surface area contributed by atoms with Gasteiger partial charge in [0.2, 0.25) is 10.0 Å². The summed E-state index contributed by atoms with van der Waals surface area (Å²) in [6.45, 7) is 2.46. The second-order valence-electron chi connectivity index (χ2n) is 5.79. The van der Waals surface area contributed by atoms with Gasteiger partial charge < -0.3 is 4.74 Å². The number of esters is 1. The summed E-state index contributed by atoms with van der Waals surface area (Å²) in [7, 11) is -2.49. The van der Waals surface area contributed by atoms with Crippen LogP contribution in [0.1, 0.15) is 39.7 Å². The van der Waals surface area contributed by atoms with Crippen LogP contribution in [0.4, 0.5) is 0 Å². The van der Waals surface area contributed by atoms with Crippen LogP contribution < -0.4 is 0 Å². The Morgan fingerprint density at radius 3 is 2.62 bits per heavy atom. The number of thiophene rings is 1. The van der Waals surface area contributed by atoms with Gasteiger partial charge in [-0.1, -0.05) is 29.8 Å². The first-order chi connectivity index (χ1) is 11.4. The molecule has 1 atom stereocenters. The lowest BCUT2D eigenvalue weighted by molar-refractivity contribution is 0.0602. The number of rotatable bonds is 4. The van der Waals surface area contributed by atoms with Crippen LogP contribution in [-0.4, -0.2) is 32.3 Å². The highest BCUT2D eigenvalue weighted by Crippen LogP contribution is 2.38. The van der Waals surface area contributed by atoms with E-state index in [2.05, 4.69) is 0 Å². The monoisotopic (exact) mass is 365 g/mol. The molecule has 0 spiro atoms. The van der Waals surface area contributed by atoms with Crippen molar-refractivity contribution in [1.29, 1.82) is 0 Å². The van der Waals surface area contributed by atoms with Crippen LogP contribution in [0.25, 0.3) is 0 Å². The molecule has 1 aliphatic rings. The highest BCUT2D eigenvalue weighted by molar-refractivity contribution is 7.89. The number of hydrogen-bond donors (Lipinski definition) is 0. The molecule has 0 saturated carbocycles. The average molecular weight is 365 g/mol. The van der Waals surface area contributed by atoms with Gasteiger partial charge in [0, 0.05) is 6.54 Å². The number of aryl methyl sites for hydroxylation is 1. The number of methoxy groups -OCH3 is 1. The molecule has 7 heteroatoms. The molecule has 1 fully saturated rings. The molecular weight excluding hydrogens is 346 g/mol. The normalized spacial score (nSPS) is 18.7. The molecule has 1 aromatic carbocycles. The summed E-state index contributed by atoms with van der Waals surface area (Å²) in [4.78, 5) is 12.0. The molecule has 3 rings (SSSR count). The number of hydrogen-bond acceptors (Lipinski definition) is 5. The zero-order valence-corrected chi connectivity index (χ0v) is 15.2. The standard InChI is InChI=1S/C17H19NO4S2/c1-12-5-7-13(8-6-12)14-4-3-10-18(14)24(20,21)15-9-11-23-16(15)17(19)22-2/h5-9,11,14H,3-4,10H2,1-2H3. The number of nitrogens with zero attached hydrogens (tertiary/aromatic N) is 1. The Balaban J connectivity index is 1.98. The molecule has 0 radical (unpaired) electrons. The second-order valence-corrected chi connectivity index (χ2v) is 8.57. The van der Waals surface area contributed by atoms with E-state index in [0.29, 0.717) is 6.54 Å². The van der Waals surface area contributed by atoms with E-state index in [-0.39, 0.29) is 15.8 Å². The van der Waals surface area contributed by atoms with E-state index < -0.39 is 16.0 Å². The lowest BCUT2D eigenvalue weighted by Gasteiger charge is -2.24. The fraction of sp³-hybridized carbons (Fsp3) is 0.353. The van der Waals surface area contributed by atoms with E-state index in [1.807, 2.05) is 31.2 Å². The van der Waals surface area contributed by atoms with E-state index in [1.165, 1.54) is 17.5 Å². The maximum atomic E-state index is 13.1. The number of ether oxygens (including phenoxy) is 1. The van der Waals surface area contributed by atoms with E-state index in [9.17, 15) is 13.2 Å². The van der Waals surface area contributed by atoms with Crippen molar-refractivity contribution in [3.05, 3.63) is 51.7 Å². The Kier molecular flexibility index (Phi) is 4.76. The van der Waals surface area contributed by atoms with Gasteiger partial charge >= 0.3 is 5.97 Å². The molecule has 1 aliphatic heterocycles. The number of carbonyl (C=O) groups is 1. The lowest BCUT2D eigenvalue weighted by atomic mass is 10.0. The molecule has 0 bridgehead atoms. The summed E-state index contributed by atoms with van der Waals surface area (Å²) in [6, 6.07) is 9.22. The quantitative estimate of drug-likeness (QED) is 0.779. The number of carbonyl (C=O) groups excluding carboxylic acids is 1. The Bertz CT molecular complexity index is 840. The van der Waals surface area contributed by atoms with Crippen molar-refractivity contribution in [2.45, 2.75) is 30.7 Å². The van der Waals surface area contributed by atoms with Crippen LogP contribution >= 0.6 is 11.3 Å². The number of sulfonamides is 1. The smallest absolute Gasteiger partial charge is 0.349 e. The molecule has 1 unspecified atom stereocenters.